The van der Waals surface area contributed by atoms with Crippen LogP contribution in [0.15, 0.2) is 18.2 Å². The first-order valence-corrected chi connectivity index (χ1v) is 7.55. The number of halogens is 2. The molecule has 0 saturated heterocycles. The van der Waals surface area contributed by atoms with E-state index < -0.39 is 0 Å². The standard InChI is InChI=1S/C13H16ClIN2O/c14-9-7-8(5-6-10(9)15)13(18)17-12-4-2-1-3-11(12)16/h5-7,11-12H,1-4,16H2,(H,17,18). The molecule has 1 aliphatic carbocycles. The fraction of sp³-hybridized carbons (Fsp3) is 0.462. The lowest BCUT2D eigenvalue weighted by molar-refractivity contribution is 0.0921. The summed E-state index contributed by atoms with van der Waals surface area (Å²) in [6.45, 7) is 0. The second kappa shape index (κ2) is 6.21. The average molecular weight is 379 g/mol. The van der Waals surface area contributed by atoms with Crippen molar-refractivity contribution in [2.75, 3.05) is 0 Å². The molecule has 0 aliphatic heterocycles. The van der Waals surface area contributed by atoms with Gasteiger partial charge in [-0.25, -0.2) is 0 Å². The van der Waals surface area contributed by atoms with Gasteiger partial charge in [-0.05, 0) is 53.6 Å². The van der Waals surface area contributed by atoms with Crippen molar-refractivity contribution in [2.45, 2.75) is 37.8 Å². The largest absolute Gasteiger partial charge is 0.348 e. The number of benzene rings is 1. The minimum atomic E-state index is -0.0874. The van der Waals surface area contributed by atoms with E-state index in [0.717, 1.165) is 29.3 Å². The summed E-state index contributed by atoms with van der Waals surface area (Å²) in [5, 5.41) is 3.61. The van der Waals surface area contributed by atoms with Crippen LogP contribution in [-0.2, 0) is 0 Å². The second-order valence-electron chi connectivity index (χ2n) is 4.66. The molecule has 1 aromatic carbocycles. The molecule has 1 aromatic rings. The third-order valence-corrected chi connectivity index (χ3v) is 4.89. The van der Waals surface area contributed by atoms with Crippen LogP contribution < -0.4 is 11.1 Å². The van der Waals surface area contributed by atoms with E-state index >= 15 is 0 Å². The normalized spacial score (nSPS) is 23.7. The summed E-state index contributed by atoms with van der Waals surface area (Å²) in [6.07, 6.45) is 4.23. The molecule has 0 radical (unpaired) electrons. The molecule has 3 N–H and O–H groups in total. The maximum Gasteiger partial charge on any atom is 0.251 e. The van der Waals surface area contributed by atoms with E-state index in [4.69, 9.17) is 17.3 Å². The van der Waals surface area contributed by atoms with Crippen LogP contribution in [0, 0.1) is 3.57 Å². The van der Waals surface area contributed by atoms with Gasteiger partial charge in [0.25, 0.3) is 5.91 Å². The zero-order valence-corrected chi connectivity index (χ0v) is 12.9. The van der Waals surface area contributed by atoms with Crippen LogP contribution in [0.3, 0.4) is 0 Å². The van der Waals surface area contributed by atoms with Crippen molar-refractivity contribution in [1.29, 1.82) is 0 Å². The predicted octanol–water partition coefficient (Wildman–Crippen LogP) is 2.94. The maximum atomic E-state index is 12.1. The summed E-state index contributed by atoms with van der Waals surface area (Å²) in [5.41, 5.74) is 6.61. The highest BCUT2D eigenvalue weighted by Gasteiger charge is 2.23. The van der Waals surface area contributed by atoms with Gasteiger partial charge in [0.05, 0.1) is 5.02 Å². The molecule has 98 valence electrons. The number of nitrogens with one attached hydrogen (secondary N) is 1. The Bertz CT molecular complexity index is 453. The van der Waals surface area contributed by atoms with Gasteiger partial charge in [0.1, 0.15) is 0 Å². The van der Waals surface area contributed by atoms with E-state index in [1.807, 2.05) is 6.07 Å². The van der Waals surface area contributed by atoms with Crippen molar-refractivity contribution in [3.05, 3.63) is 32.4 Å². The van der Waals surface area contributed by atoms with Gasteiger partial charge in [-0.2, -0.15) is 0 Å². The Hall–Kier alpha value is -0.330. The zero-order valence-electron chi connectivity index (χ0n) is 9.96. The third kappa shape index (κ3) is 3.36. The molecule has 1 saturated carbocycles. The van der Waals surface area contributed by atoms with Crippen LogP contribution in [0.1, 0.15) is 36.0 Å². The Morgan fingerprint density at radius 3 is 2.78 bits per heavy atom. The number of rotatable bonds is 2. The maximum absolute atomic E-state index is 12.1. The Morgan fingerprint density at radius 1 is 1.39 bits per heavy atom. The van der Waals surface area contributed by atoms with Crippen molar-refractivity contribution in [3.8, 4) is 0 Å². The molecule has 18 heavy (non-hydrogen) atoms. The second-order valence-corrected chi connectivity index (χ2v) is 6.23. The summed E-state index contributed by atoms with van der Waals surface area (Å²) in [4.78, 5) is 12.1. The average Bonchev–Trinajstić information content (AvgIpc) is 2.35. The number of hydrogen-bond acceptors (Lipinski definition) is 2. The van der Waals surface area contributed by atoms with Crippen LogP contribution >= 0.6 is 34.2 Å². The highest BCUT2D eigenvalue weighted by atomic mass is 127. The lowest BCUT2D eigenvalue weighted by Gasteiger charge is -2.29. The van der Waals surface area contributed by atoms with E-state index in [1.54, 1.807) is 12.1 Å². The highest BCUT2D eigenvalue weighted by molar-refractivity contribution is 14.1. The molecule has 0 aromatic heterocycles. The minimum absolute atomic E-state index is 0.0713. The van der Waals surface area contributed by atoms with E-state index in [2.05, 4.69) is 27.9 Å². The fourth-order valence-corrected chi connectivity index (χ4v) is 2.74. The Kier molecular flexibility index (Phi) is 4.86. The van der Waals surface area contributed by atoms with Gasteiger partial charge in [-0.15, -0.1) is 0 Å². The van der Waals surface area contributed by atoms with E-state index in [0.29, 0.717) is 10.6 Å². The Balaban J connectivity index is 2.04. The monoisotopic (exact) mass is 378 g/mol. The first-order valence-electron chi connectivity index (χ1n) is 6.09. The smallest absolute Gasteiger partial charge is 0.251 e. The molecular formula is C13H16ClIN2O. The van der Waals surface area contributed by atoms with Crippen LogP contribution in [-0.4, -0.2) is 18.0 Å². The number of hydrogen-bond donors (Lipinski definition) is 2. The van der Waals surface area contributed by atoms with Gasteiger partial charge in [0.2, 0.25) is 0 Å². The summed E-state index contributed by atoms with van der Waals surface area (Å²) < 4.78 is 0.945. The van der Waals surface area contributed by atoms with E-state index in [9.17, 15) is 4.79 Å². The molecule has 2 atom stereocenters. The van der Waals surface area contributed by atoms with Crippen molar-refractivity contribution in [3.63, 3.8) is 0 Å². The third-order valence-electron chi connectivity index (χ3n) is 3.32. The Labute approximate surface area is 126 Å². The van der Waals surface area contributed by atoms with Crippen molar-refractivity contribution < 1.29 is 4.79 Å². The molecular weight excluding hydrogens is 363 g/mol. The molecule has 3 nitrogen and oxygen atoms in total. The van der Waals surface area contributed by atoms with Gasteiger partial charge < -0.3 is 11.1 Å². The SMILES string of the molecule is NC1CCCCC1NC(=O)c1ccc(I)c(Cl)c1. The van der Waals surface area contributed by atoms with Crippen LogP contribution in [0.4, 0.5) is 0 Å². The number of nitrogens with two attached hydrogens (primary N) is 1. The lowest BCUT2D eigenvalue weighted by atomic mass is 9.91. The molecule has 5 heteroatoms. The van der Waals surface area contributed by atoms with Gasteiger partial charge in [-0.1, -0.05) is 24.4 Å². The van der Waals surface area contributed by atoms with Gasteiger partial charge in [0, 0.05) is 21.2 Å². The molecule has 0 heterocycles. The summed E-state index contributed by atoms with van der Waals surface area (Å²) >= 11 is 8.16. The number of carbonyl (C=O) groups excluding carboxylic acids is 1. The summed E-state index contributed by atoms with van der Waals surface area (Å²) in [5.74, 6) is -0.0874. The predicted molar refractivity (Wildman–Crippen MR) is 81.9 cm³/mol. The Morgan fingerprint density at radius 2 is 2.11 bits per heavy atom. The van der Waals surface area contributed by atoms with Crippen molar-refractivity contribution in [1.82, 2.24) is 5.32 Å². The first kappa shape index (κ1) is 14.1. The minimum Gasteiger partial charge on any atom is -0.348 e. The van der Waals surface area contributed by atoms with Crippen LogP contribution in [0.25, 0.3) is 0 Å². The van der Waals surface area contributed by atoms with Gasteiger partial charge >= 0.3 is 0 Å². The zero-order chi connectivity index (χ0) is 13.1. The molecule has 1 aliphatic rings. The van der Waals surface area contributed by atoms with Crippen LogP contribution in [0.5, 0.6) is 0 Å². The quantitative estimate of drug-likeness (QED) is 0.778. The summed E-state index contributed by atoms with van der Waals surface area (Å²) in [6, 6.07) is 5.49. The van der Waals surface area contributed by atoms with Crippen LogP contribution in [0.2, 0.25) is 5.02 Å². The topological polar surface area (TPSA) is 55.1 Å². The summed E-state index contributed by atoms with van der Waals surface area (Å²) in [7, 11) is 0. The number of carbonyl (C=O) groups is 1. The first-order chi connectivity index (χ1) is 8.58. The molecule has 2 rings (SSSR count). The van der Waals surface area contributed by atoms with Crippen molar-refractivity contribution in [2.24, 2.45) is 5.73 Å². The number of amides is 1. The molecule has 1 amide bonds. The van der Waals surface area contributed by atoms with E-state index in [1.165, 1.54) is 0 Å². The van der Waals surface area contributed by atoms with Gasteiger partial charge in [0.15, 0.2) is 0 Å². The van der Waals surface area contributed by atoms with Gasteiger partial charge in [-0.3, -0.25) is 4.79 Å². The highest BCUT2D eigenvalue weighted by Crippen LogP contribution is 2.21. The van der Waals surface area contributed by atoms with Crippen molar-refractivity contribution >= 4 is 40.1 Å². The van der Waals surface area contributed by atoms with E-state index in [-0.39, 0.29) is 18.0 Å². The molecule has 2 unspecified atom stereocenters. The molecule has 0 bridgehead atoms. The molecule has 1 fully saturated rings. The molecule has 0 spiro atoms. The fourth-order valence-electron chi connectivity index (χ4n) is 2.23. The lowest BCUT2D eigenvalue weighted by Crippen LogP contribution is -2.49.